The molecule has 0 aromatic rings. The molecule has 1 spiro atoms. The quantitative estimate of drug-likeness (QED) is 0.783. The third kappa shape index (κ3) is 2.86. The van der Waals surface area contributed by atoms with E-state index in [4.69, 9.17) is 14.6 Å². The average molecular weight is 256 g/mol. The van der Waals surface area contributed by atoms with Crippen LogP contribution in [0.3, 0.4) is 0 Å². The Kier molecular flexibility index (Phi) is 3.70. The topological polar surface area (TPSA) is 55.8 Å². The zero-order valence-corrected chi connectivity index (χ0v) is 11.6. The molecule has 4 heteroatoms. The highest BCUT2D eigenvalue weighted by molar-refractivity contribution is 5.70. The second-order valence-corrected chi connectivity index (χ2v) is 6.71. The molecule has 0 atom stereocenters. The highest BCUT2D eigenvalue weighted by atomic mass is 16.7. The molecule has 0 aromatic heterocycles. The van der Waals surface area contributed by atoms with Gasteiger partial charge < -0.3 is 14.6 Å². The summed E-state index contributed by atoms with van der Waals surface area (Å²) in [7, 11) is 0. The average Bonchev–Trinajstić information content (AvgIpc) is 2.29. The molecule has 0 amide bonds. The smallest absolute Gasteiger partial charge is 0.311 e. The Balaban J connectivity index is 1.88. The van der Waals surface area contributed by atoms with Crippen molar-refractivity contribution in [3.8, 4) is 0 Å². The molecule has 2 fully saturated rings. The lowest BCUT2D eigenvalue weighted by atomic mass is 9.71. The minimum Gasteiger partial charge on any atom is -0.481 e. The Labute approximate surface area is 109 Å². The van der Waals surface area contributed by atoms with E-state index in [-0.39, 0.29) is 13.2 Å². The summed E-state index contributed by atoms with van der Waals surface area (Å²) in [5.74, 6) is -1.12. The van der Waals surface area contributed by atoms with Gasteiger partial charge in [-0.3, -0.25) is 4.79 Å². The maximum atomic E-state index is 10.8. The second-order valence-electron chi connectivity index (χ2n) is 6.71. The second kappa shape index (κ2) is 4.82. The maximum absolute atomic E-state index is 10.8. The Morgan fingerprint density at radius 1 is 1.17 bits per heavy atom. The third-order valence-electron chi connectivity index (χ3n) is 4.42. The molecule has 2 aliphatic rings. The van der Waals surface area contributed by atoms with Crippen molar-refractivity contribution in [3.63, 3.8) is 0 Å². The number of carboxylic acids is 1. The molecule has 18 heavy (non-hydrogen) atoms. The standard InChI is InChI=1S/C14H24O4/c1-13(2,3)11-4-6-14(7-5-11)17-8-10(9-18-14)12(15)16/h10-11H,4-9H2,1-3H3,(H,15,16). The van der Waals surface area contributed by atoms with Crippen molar-refractivity contribution in [2.75, 3.05) is 13.2 Å². The first-order chi connectivity index (χ1) is 8.32. The van der Waals surface area contributed by atoms with Crippen molar-refractivity contribution in [1.82, 2.24) is 0 Å². The summed E-state index contributed by atoms with van der Waals surface area (Å²) in [6.45, 7) is 7.40. The molecular weight excluding hydrogens is 232 g/mol. The van der Waals surface area contributed by atoms with E-state index in [9.17, 15) is 4.79 Å². The summed E-state index contributed by atoms with van der Waals surface area (Å²) in [6.07, 6.45) is 3.98. The monoisotopic (exact) mass is 256 g/mol. The molecule has 2 rings (SSSR count). The molecule has 1 saturated heterocycles. The molecule has 0 aromatic carbocycles. The van der Waals surface area contributed by atoms with Crippen LogP contribution in [0, 0.1) is 17.3 Å². The summed E-state index contributed by atoms with van der Waals surface area (Å²) >= 11 is 0. The molecule has 0 bridgehead atoms. The van der Waals surface area contributed by atoms with Crippen molar-refractivity contribution in [1.29, 1.82) is 0 Å². The number of aliphatic carboxylic acids is 1. The Morgan fingerprint density at radius 3 is 2.06 bits per heavy atom. The van der Waals surface area contributed by atoms with Crippen molar-refractivity contribution in [2.24, 2.45) is 17.3 Å². The van der Waals surface area contributed by atoms with Crippen LogP contribution >= 0.6 is 0 Å². The van der Waals surface area contributed by atoms with Gasteiger partial charge in [0.15, 0.2) is 5.79 Å². The van der Waals surface area contributed by atoms with E-state index in [1.54, 1.807) is 0 Å². The third-order valence-corrected chi connectivity index (χ3v) is 4.42. The highest BCUT2D eigenvalue weighted by Crippen LogP contribution is 2.44. The van der Waals surface area contributed by atoms with Crippen LogP contribution in [0.25, 0.3) is 0 Å². The summed E-state index contributed by atoms with van der Waals surface area (Å²) in [4.78, 5) is 10.8. The van der Waals surface area contributed by atoms with Crippen LogP contribution in [-0.2, 0) is 14.3 Å². The largest absolute Gasteiger partial charge is 0.481 e. The van der Waals surface area contributed by atoms with E-state index < -0.39 is 17.7 Å². The van der Waals surface area contributed by atoms with E-state index in [0.717, 1.165) is 25.7 Å². The molecule has 0 radical (unpaired) electrons. The summed E-state index contributed by atoms with van der Waals surface area (Å²) in [6, 6.07) is 0. The van der Waals surface area contributed by atoms with E-state index in [0.29, 0.717) is 11.3 Å². The molecule has 1 aliphatic heterocycles. The van der Waals surface area contributed by atoms with Gasteiger partial charge >= 0.3 is 5.97 Å². The first-order valence-electron chi connectivity index (χ1n) is 6.83. The van der Waals surface area contributed by atoms with Gasteiger partial charge in [0.1, 0.15) is 5.92 Å². The van der Waals surface area contributed by atoms with E-state index in [1.165, 1.54) is 0 Å². The van der Waals surface area contributed by atoms with Crippen LogP contribution in [-0.4, -0.2) is 30.1 Å². The number of carboxylic acid groups (broad SMARTS) is 1. The molecule has 1 aliphatic carbocycles. The fourth-order valence-electron chi connectivity index (χ4n) is 2.95. The molecule has 1 N–H and O–H groups in total. The highest BCUT2D eigenvalue weighted by Gasteiger charge is 2.44. The lowest BCUT2D eigenvalue weighted by Gasteiger charge is -2.46. The van der Waals surface area contributed by atoms with Crippen LogP contribution in [0.2, 0.25) is 0 Å². The lowest BCUT2D eigenvalue weighted by molar-refractivity contribution is -0.298. The van der Waals surface area contributed by atoms with E-state index >= 15 is 0 Å². The van der Waals surface area contributed by atoms with Gasteiger partial charge in [0.2, 0.25) is 0 Å². The van der Waals surface area contributed by atoms with Crippen LogP contribution in [0.4, 0.5) is 0 Å². The van der Waals surface area contributed by atoms with Crippen molar-refractivity contribution >= 4 is 5.97 Å². The zero-order chi connectivity index (χ0) is 13.4. The van der Waals surface area contributed by atoms with Gasteiger partial charge in [-0.15, -0.1) is 0 Å². The summed E-state index contributed by atoms with van der Waals surface area (Å²) < 4.78 is 11.5. The Morgan fingerprint density at radius 2 is 1.67 bits per heavy atom. The van der Waals surface area contributed by atoms with Gasteiger partial charge in [0, 0.05) is 12.8 Å². The summed E-state index contributed by atoms with van der Waals surface area (Å²) in [5, 5.41) is 8.91. The molecule has 1 heterocycles. The van der Waals surface area contributed by atoms with Gasteiger partial charge in [-0.2, -0.15) is 0 Å². The number of carbonyl (C=O) groups is 1. The van der Waals surface area contributed by atoms with Crippen LogP contribution in [0.1, 0.15) is 46.5 Å². The van der Waals surface area contributed by atoms with Crippen LogP contribution in [0.5, 0.6) is 0 Å². The SMILES string of the molecule is CC(C)(C)C1CCC2(CC1)OCC(C(=O)O)CO2. The van der Waals surface area contributed by atoms with E-state index in [1.807, 2.05) is 0 Å². The Hall–Kier alpha value is -0.610. The number of hydrogen-bond acceptors (Lipinski definition) is 3. The predicted octanol–water partition coefficient (Wildman–Crippen LogP) is 2.67. The van der Waals surface area contributed by atoms with Crippen LogP contribution in [0.15, 0.2) is 0 Å². The number of hydrogen-bond donors (Lipinski definition) is 1. The molecular formula is C14H24O4. The minimum absolute atomic E-state index is 0.287. The fraction of sp³-hybridized carbons (Fsp3) is 0.929. The first kappa shape index (κ1) is 13.8. The molecule has 0 unspecified atom stereocenters. The molecule has 4 nitrogen and oxygen atoms in total. The van der Waals surface area contributed by atoms with Crippen molar-refractivity contribution < 1.29 is 19.4 Å². The van der Waals surface area contributed by atoms with Gasteiger partial charge in [0.05, 0.1) is 13.2 Å². The minimum atomic E-state index is -0.826. The predicted molar refractivity (Wildman–Crippen MR) is 67.2 cm³/mol. The number of rotatable bonds is 1. The van der Waals surface area contributed by atoms with Gasteiger partial charge in [-0.25, -0.2) is 0 Å². The van der Waals surface area contributed by atoms with Gasteiger partial charge in [-0.05, 0) is 24.2 Å². The Bertz CT molecular complexity index is 300. The zero-order valence-electron chi connectivity index (χ0n) is 11.6. The maximum Gasteiger partial charge on any atom is 0.311 e. The van der Waals surface area contributed by atoms with Crippen molar-refractivity contribution in [3.05, 3.63) is 0 Å². The fourth-order valence-corrected chi connectivity index (χ4v) is 2.95. The number of ether oxygens (including phenoxy) is 2. The first-order valence-corrected chi connectivity index (χ1v) is 6.83. The normalized spacial score (nSPS) is 37.7. The lowest BCUT2D eigenvalue weighted by Crippen LogP contribution is -2.49. The van der Waals surface area contributed by atoms with Gasteiger partial charge in [0.25, 0.3) is 0 Å². The van der Waals surface area contributed by atoms with Crippen LogP contribution < -0.4 is 0 Å². The summed E-state index contributed by atoms with van der Waals surface area (Å²) in [5.41, 5.74) is 0.333. The van der Waals surface area contributed by atoms with E-state index in [2.05, 4.69) is 20.8 Å². The van der Waals surface area contributed by atoms with Crippen molar-refractivity contribution in [2.45, 2.75) is 52.2 Å². The van der Waals surface area contributed by atoms with Gasteiger partial charge in [-0.1, -0.05) is 20.8 Å². The molecule has 1 saturated carbocycles. The molecule has 104 valence electrons.